The van der Waals surface area contributed by atoms with E-state index < -0.39 is 29.4 Å². The molecule has 1 aliphatic heterocycles. The molecule has 1 fully saturated rings. The molecule has 1 aliphatic rings. The monoisotopic (exact) mass is 432 g/mol. The van der Waals surface area contributed by atoms with Crippen molar-refractivity contribution in [2.45, 2.75) is 58.0 Å². The van der Waals surface area contributed by atoms with Crippen LogP contribution >= 0.6 is 0 Å². The second-order valence-electron chi connectivity index (χ2n) is 9.76. The van der Waals surface area contributed by atoms with Gasteiger partial charge in [-0.3, -0.25) is 0 Å². The second kappa shape index (κ2) is 10.1. The summed E-state index contributed by atoms with van der Waals surface area (Å²) < 4.78 is 23.0. The zero-order valence-electron chi connectivity index (χ0n) is 19.3. The normalized spacial score (nSPS) is 24.6. The van der Waals surface area contributed by atoms with Crippen molar-refractivity contribution in [3.05, 3.63) is 60.7 Å². The molecule has 2 rings (SSSR count). The van der Waals surface area contributed by atoms with Gasteiger partial charge in [0.05, 0.1) is 25.2 Å². The highest BCUT2D eigenvalue weighted by molar-refractivity contribution is 5.81. The van der Waals surface area contributed by atoms with E-state index in [0.29, 0.717) is 13.2 Å². The smallest absolute Gasteiger partial charge is 0.330 e. The van der Waals surface area contributed by atoms with Crippen molar-refractivity contribution in [2.24, 2.45) is 5.41 Å². The first-order chi connectivity index (χ1) is 14.4. The molecule has 2 atom stereocenters. The van der Waals surface area contributed by atoms with Crippen LogP contribution in [0, 0.1) is 5.41 Å². The Morgan fingerprint density at radius 1 is 1.19 bits per heavy atom. The number of aliphatic hydroxyl groups excluding tert-OH is 1. The van der Waals surface area contributed by atoms with Gasteiger partial charge >= 0.3 is 5.97 Å². The molecule has 0 radical (unpaired) electrons. The van der Waals surface area contributed by atoms with Crippen molar-refractivity contribution in [1.29, 1.82) is 0 Å². The maximum atomic E-state index is 11.8. The van der Waals surface area contributed by atoms with Gasteiger partial charge in [0.2, 0.25) is 0 Å². The van der Waals surface area contributed by atoms with Crippen LogP contribution in [0.15, 0.2) is 49.6 Å². The number of hydrogen-bond acceptors (Lipinski definition) is 6. The lowest BCUT2D eigenvalue weighted by atomic mass is 9.79. The van der Waals surface area contributed by atoms with Crippen LogP contribution < -0.4 is 0 Å². The van der Waals surface area contributed by atoms with E-state index in [4.69, 9.17) is 18.9 Å². The van der Waals surface area contributed by atoms with Crippen molar-refractivity contribution in [3.63, 3.8) is 0 Å². The van der Waals surface area contributed by atoms with Gasteiger partial charge in [-0.15, -0.1) is 0 Å². The number of benzene rings is 1. The van der Waals surface area contributed by atoms with E-state index in [1.165, 1.54) is 11.6 Å². The predicted octanol–water partition coefficient (Wildman–Crippen LogP) is 3.87. The molecule has 1 aromatic rings. The molecule has 1 aromatic carbocycles. The molecule has 172 valence electrons. The quantitative estimate of drug-likeness (QED) is 0.276. The molecular weight excluding hydrogens is 396 g/mol. The highest BCUT2D eigenvalue weighted by Crippen LogP contribution is 2.37. The SMILES string of the molecule is C=CC(=O)OCC(C)(c1ccc(C(C)(C)C)cc1)C1OCC(C)(COC(O)C=C)CO1. The number of ether oxygens (including phenoxy) is 4. The van der Waals surface area contributed by atoms with Gasteiger partial charge in [0, 0.05) is 11.5 Å². The van der Waals surface area contributed by atoms with Crippen LogP contribution in [-0.2, 0) is 34.6 Å². The molecule has 0 aliphatic carbocycles. The Bertz CT molecular complexity index is 755. The third-order valence-electron chi connectivity index (χ3n) is 5.58. The van der Waals surface area contributed by atoms with Gasteiger partial charge < -0.3 is 24.1 Å². The van der Waals surface area contributed by atoms with Gasteiger partial charge in [0.15, 0.2) is 12.6 Å². The van der Waals surface area contributed by atoms with Crippen molar-refractivity contribution in [1.82, 2.24) is 0 Å². The minimum absolute atomic E-state index is 0.0277. The number of hydrogen-bond donors (Lipinski definition) is 1. The molecule has 2 unspecified atom stereocenters. The van der Waals surface area contributed by atoms with E-state index in [-0.39, 0.29) is 18.6 Å². The van der Waals surface area contributed by atoms with Crippen LogP contribution in [0.5, 0.6) is 0 Å². The molecule has 1 saturated heterocycles. The zero-order valence-corrected chi connectivity index (χ0v) is 19.3. The molecule has 0 aromatic heterocycles. The number of esters is 1. The molecule has 1 N–H and O–H groups in total. The van der Waals surface area contributed by atoms with Gasteiger partial charge in [0.1, 0.15) is 6.61 Å². The van der Waals surface area contributed by atoms with Crippen LogP contribution in [-0.4, -0.2) is 50.1 Å². The summed E-state index contributed by atoms with van der Waals surface area (Å²) in [5, 5.41) is 9.58. The summed E-state index contributed by atoms with van der Waals surface area (Å²) in [6.07, 6.45) is 0.816. The molecular formula is C25H36O6. The summed E-state index contributed by atoms with van der Waals surface area (Å²) in [6.45, 7) is 18.4. The number of carbonyl (C=O) groups excluding carboxylic acids is 1. The summed E-state index contributed by atoms with van der Waals surface area (Å²) >= 11 is 0. The van der Waals surface area contributed by atoms with Crippen molar-refractivity contribution in [3.8, 4) is 0 Å². The van der Waals surface area contributed by atoms with E-state index in [2.05, 4.69) is 46.1 Å². The summed E-state index contributed by atoms with van der Waals surface area (Å²) in [6, 6.07) is 8.24. The third-order valence-corrected chi connectivity index (χ3v) is 5.58. The average molecular weight is 433 g/mol. The lowest BCUT2D eigenvalue weighted by Crippen LogP contribution is -2.52. The Balaban J connectivity index is 2.21. The zero-order chi connectivity index (χ0) is 23.3. The first-order valence-corrected chi connectivity index (χ1v) is 10.5. The summed E-state index contributed by atoms with van der Waals surface area (Å²) in [7, 11) is 0. The summed E-state index contributed by atoms with van der Waals surface area (Å²) in [5.74, 6) is -0.495. The minimum Gasteiger partial charge on any atom is -0.461 e. The van der Waals surface area contributed by atoms with Gasteiger partial charge in [0.25, 0.3) is 0 Å². The van der Waals surface area contributed by atoms with Crippen LogP contribution in [0.4, 0.5) is 0 Å². The highest BCUT2D eigenvalue weighted by Gasteiger charge is 2.45. The van der Waals surface area contributed by atoms with Crippen LogP contribution in [0.1, 0.15) is 45.7 Å². The van der Waals surface area contributed by atoms with Gasteiger partial charge in [-0.05, 0) is 29.5 Å². The Morgan fingerprint density at radius 2 is 1.74 bits per heavy atom. The van der Waals surface area contributed by atoms with Crippen molar-refractivity contribution in [2.75, 3.05) is 26.4 Å². The minimum atomic E-state index is -1.03. The van der Waals surface area contributed by atoms with E-state index in [1.54, 1.807) is 0 Å². The standard InChI is InChI=1S/C25H36O6/c1-8-20(26)28-14-24(6)15-30-22(31-16-24)25(7,17-29-21(27)9-2)19-12-10-18(11-13-19)23(3,4)5/h8-13,20,22,26H,1-2,14-17H2,3-7H3. The van der Waals surface area contributed by atoms with Crippen molar-refractivity contribution >= 4 is 5.97 Å². The van der Waals surface area contributed by atoms with Gasteiger partial charge in [-0.1, -0.05) is 65.1 Å². The molecule has 0 amide bonds. The van der Waals surface area contributed by atoms with E-state index in [9.17, 15) is 9.90 Å². The molecule has 0 bridgehead atoms. The van der Waals surface area contributed by atoms with E-state index >= 15 is 0 Å². The first-order valence-electron chi connectivity index (χ1n) is 10.5. The topological polar surface area (TPSA) is 74.2 Å². The molecule has 31 heavy (non-hydrogen) atoms. The average Bonchev–Trinajstić information content (AvgIpc) is 2.75. The predicted molar refractivity (Wildman–Crippen MR) is 120 cm³/mol. The van der Waals surface area contributed by atoms with E-state index in [1.807, 2.05) is 26.0 Å². The lowest BCUT2D eigenvalue weighted by molar-refractivity contribution is -0.269. The Hall–Kier alpha value is -1.99. The number of aliphatic hydroxyl groups is 1. The Kier molecular flexibility index (Phi) is 8.22. The van der Waals surface area contributed by atoms with Gasteiger partial charge in [-0.2, -0.15) is 0 Å². The number of rotatable bonds is 9. The largest absolute Gasteiger partial charge is 0.461 e. The van der Waals surface area contributed by atoms with Gasteiger partial charge in [-0.25, -0.2) is 4.79 Å². The maximum Gasteiger partial charge on any atom is 0.330 e. The molecule has 1 heterocycles. The molecule has 6 nitrogen and oxygen atoms in total. The summed E-state index contributed by atoms with van der Waals surface area (Å²) in [4.78, 5) is 11.8. The first kappa shape index (κ1) is 25.3. The van der Waals surface area contributed by atoms with Crippen molar-refractivity contribution < 1.29 is 28.8 Å². The fourth-order valence-corrected chi connectivity index (χ4v) is 3.37. The molecule has 6 heteroatoms. The highest BCUT2D eigenvalue weighted by atomic mass is 16.7. The van der Waals surface area contributed by atoms with Crippen LogP contribution in [0.2, 0.25) is 0 Å². The second-order valence-corrected chi connectivity index (χ2v) is 9.76. The van der Waals surface area contributed by atoms with Crippen LogP contribution in [0.25, 0.3) is 0 Å². The molecule has 0 saturated carbocycles. The number of carbonyl (C=O) groups is 1. The third kappa shape index (κ3) is 6.50. The molecule has 0 spiro atoms. The lowest BCUT2D eigenvalue weighted by Gasteiger charge is -2.44. The fourth-order valence-electron chi connectivity index (χ4n) is 3.37. The Morgan fingerprint density at radius 3 is 2.23 bits per heavy atom. The maximum absolute atomic E-state index is 11.8. The summed E-state index contributed by atoms with van der Waals surface area (Å²) in [5.41, 5.74) is 1.04. The van der Waals surface area contributed by atoms with E-state index in [0.717, 1.165) is 11.6 Å². The van der Waals surface area contributed by atoms with Crippen LogP contribution in [0.3, 0.4) is 0 Å². The Labute approximate surface area is 185 Å². The fraction of sp³-hybridized carbons (Fsp3) is 0.560.